The molecule has 0 spiro atoms. The van der Waals surface area contributed by atoms with Gasteiger partial charge in [0.25, 0.3) is 0 Å². The summed E-state index contributed by atoms with van der Waals surface area (Å²) in [5.74, 6) is -3.93. The summed E-state index contributed by atoms with van der Waals surface area (Å²) in [7, 11) is 0. The average Bonchev–Trinajstić information content (AvgIpc) is 3.39. The van der Waals surface area contributed by atoms with Gasteiger partial charge < -0.3 is 59.8 Å². The van der Waals surface area contributed by atoms with E-state index in [-0.39, 0.29) is 57.1 Å². The summed E-state index contributed by atoms with van der Waals surface area (Å²) in [6.07, 6.45) is 2.16. The molecule has 0 saturated carbocycles. The average molecular weight is 569 g/mol. The molecular formula is C22H40N12O6. The molecule has 0 aliphatic carbocycles. The van der Waals surface area contributed by atoms with Crippen LogP contribution in [0.3, 0.4) is 0 Å². The fourth-order valence-corrected chi connectivity index (χ4v) is 3.39. The van der Waals surface area contributed by atoms with E-state index < -0.39 is 54.0 Å². The monoisotopic (exact) mass is 568 g/mol. The minimum absolute atomic E-state index is 0.0161. The number of aliphatic hydroxyl groups is 1. The van der Waals surface area contributed by atoms with Crippen LogP contribution in [0.4, 0.5) is 0 Å². The number of hydrogen-bond acceptors (Lipinski definition) is 9. The Morgan fingerprint density at radius 3 is 1.88 bits per heavy atom. The minimum atomic E-state index is -1.31. The predicted molar refractivity (Wildman–Crippen MR) is 145 cm³/mol. The summed E-state index contributed by atoms with van der Waals surface area (Å²) in [6, 6.07) is -5.04. The molecule has 1 aromatic heterocycles. The zero-order valence-corrected chi connectivity index (χ0v) is 22.2. The highest BCUT2D eigenvalue weighted by atomic mass is 16.4. The fraction of sp³-hybridized carbons (Fsp3) is 0.591. The van der Waals surface area contributed by atoms with Crippen LogP contribution in [0.1, 0.15) is 38.3 Å². The Kier molecular flexibility index (Phi) is 14.4. The number of nitrogens with two attached hydrogens (primary N) is 5. The standard InChI is InChI=1S/C22H40N12O6/c1-11(35)16(23)19(38)34-15(8-12-9-28-10-31-12)18(37)32-13(4-2-6-29-21(24)25)17(36)33-14(20(39)40)5-3-7-30-22(26)27/h9-11,13-16,35H,2-8,23H2,1H3,(H,28,31)(H,32,37)(H,33,36)(H,34,38)(H,39,40)(H4,24,25,29)(H4,26,27,30). The fourth-order valence-electron chi connectivity index (χ4n) is 3.39. The van der Waals surface area contributed by atoms with Crippen LogP contribution in [0, 0.1) is 0 Å². The third kappa shape index (κ3) is 12.9. The molecule has 0 aliphatic heterocycles. The van der Waals surface area contributed by atoms with E-state index in [1.165, 1.54) is 19.4 Å². The molecule has 224 valence electrons. The first-order valence-corrected chi connectivity index (χ1v) is 12.5. The minimum Gasteiger partial charge on any atom is -0.480 e. The van der Waals surface area contributed by atoms with Crippen molar-refractivity contribution in [2.45, 2.75) is 69.3 Å². The molecule has 1 aromatic rings. The number of carbonyl (C=O) groups excluding carboxylic acids is 3. The number of nitrogens with zero attached hydrogens (tertiary/aromatic N) is 3. The number of H-pyrrole nitrogens is 1. The van der Waals surface area contributed by atoms with E-state index in [1.807, 2.05) is 0 Å². The first kappa shape index (κ1) is 33.6. The SMILES string of the molecule is CC(O)C(N)C(=O)NC(Cc1cnc[nH]1)C(=O)NC(CCCN=C(N)N)C(=O)NC(CCCN=C(N)N)C(=O)O. The van der Waals surface area contributed by atoms with Gasteiger partial charge in [0.15, 0.2) is 11.9 Å². The van der Waals surface area contributed by atoms with Crippen molar-refractivity contribution in [1.29, 1.82) is 0 Å². The van der Waals surface area contributed by atoms with Crippen molar-refractivity contribution in [3.63, 3.8) is 0 Å². The molecule has 0 aromatic carbocycles. The van der Waals surface area contributed by atoms with E-state index in [1.54, 1.807) is 0 Å². The number of aromatic amines is 1. The molecule has 3 amide bonds. The number of guanidine groups is 2. The summed E-state index contributed by atoms with van der Waals surface area (Å²) in [5.41, 5.74) is 27.4. The Labute approximate surface area is 230 Å². The number of hydrogen-bond donors (Lipinski definition) is 11. The smallest absolute Gasteiger partial charge is 0.326 e. The Bertz CT molecular complexity index is 1020. The van der Waals surface area contributed by atoms with Crippen LogP contribution in [-0.4, -0.2) is 99.2 Å². The number of carboxylic acid groups (broad SMARTS) is 1. The summed E-state index contributed by atoms with van der Waals surface area (Å²) in [6.45, 7) is 1.62. The van der Waals surface area contributed by atoms with Crippen LogP contribution in [0.5, 0.6) is 0 Å². The second kappa shape index (κ2) is 17.2. The molecule has 5 unspecified atom stereocenters. The number of aliphatic imine (C=N–C) groups is 2. The Morgan fingerprint density at radius 2 is 1.40 bits per heavy atom. The maximum absolute atomic E-state index is 13.3. The van der Waals surface area contributed by atoms with E-state index in [2.05, 4.69) is 35.9 Å². The molecule has 0 radical (unpaired) electrons. The van der Waals surface area contributed by atoms with E-state index in [0.717, 1.165) is 0 Å². The molecule has 18 heteroatoms. The summed E-state index contributed by atoms with van der Waals surface area (Å²) < 4.78 is 0. The van der Waals surface area contributed by atoms with Gasteiger partial charge in [-0.3, -0.25) is 24.4 Å². The number of carbonyl (C=O) groups is 4. The predicted octanol–water partition coefficient (Wildman–Crippen LogP) is -4.69. The topological polar surface area (TPSA) is 328 Å². The molecule has 0 aliphatic rings. The molecule has 0 bridgehead atoms. The molecule has 1 rings (SSSR count). The van der Waals surface area contributed by atoms with Crippen molar-refractivity contribution in [3.8, 4) is 0 Å². The highest BCUT2D eigenvalue weighted by Gasteiger charge is 2.31. The van der Waals surface area contributed by atoms with Crippen LogP contribution >= 0.6 is 0 Å². The molecule has 40 heavy (non-hydrogen) atoms. The first-order valence-electron chi connectivity index (χ1n) is 12.5. The largest absolute Gasteiger partial charge is 0.480 e. The normalized spacial score (nSPS) is 14.5. The van der Waals surface area contributed by atoms with Crippen LogP contribution in [0.2, 0.25) is 0 Å². The zero-order chi connectivity index (χ0) is 30.2. The van der Waals surface area contributed by atoms with Gasteiger partial charge in [0.2, 0.25) is 17.7 Å². The Hall–Kier alpha value is -4.45. The zero-order valence-electron chi connectivity index (χ0n) is 22.2. The van der Waals surface area contributed by atoms with Gasteiger partial charge >= 0.3 is 5.97 Å². The van der Waals surface area contributed by atoms with Crippen LogP contribution in [0.15, 0.2) is 22.5 Å². The second-order valence-electron chi connectivity index (χ2n) is 8.97. The highest BCUT2D eigenvalue weighted by Crippen LogP contribution is 2.06. The number of aliphatic hydroxyl groups excluding tert-OH is 1. The lowest BCUT2D eigenvalue weighted by atomic mass is 10.1. The lowest BCUT2D eigenvalue weighted by Gasteiger charge is -2.25. The number of aliphatic carboxylic acids is 1. The van der Waals surface area contributed by atoms with Gasteiger partial charge in [-0.25, -0.2) is 9.78 Å². The molecule has 5 atom stereocenters. The van der Waals surface area contributed by atoms with Gasteiger partial charge in [0.1, 0.15) is 24.2 Å². The van der Waals surface area contributed by atoms with E-state index in [9.17, 15) is 29.4 Å². The van der Waals surface area contributed by atoms with E-state index in [4.69, 9.17) is 28.7 Å². The number of rotatable bonds is 18. The van der Waals surface area contributed by atoms with Crippen molar-refractivity contribution in [1.82, 2.24) is 25.9 Å². The first-order chi connectivity index (χ1) is 18.8. The number of aromatic nitrogens is 2. The highest BCUT2D eigenvalue weighted by molar-refractivity contribution is 5.94. The van der Waals surface area contributed by atoms with Gasteiger partial charge in [0.05, 0.1) is 12.4 Å². The molecular weight excluding hydrogens is 528 g/mol. The lowest BCUT2D eigenvalue weighted by Crippen LogP contribution is -2.58. The van der Waals surface area contributed by atoms with Crippen molar-refractivity contribution >= 4 is 35.6 Å². The quantitative estimate of drug-likeness (QED) is 0.0452. The number of amides is 3. The van der Waals surface area contributed by atoms with Gasteiger partial charge in [-0.2, -0.15) is 0 Å². The summed E-state index contributed by atoms with van der Waals surface area (Å²) in [4.78, 5) is 65.0. The van der Waals surface area contributed by atoms with Crippen molar-refractivity contribution in [3.05, 3.63) is 18.2 Å². The number of carboxylic acids is 1. The van der Waals surface area contributed by atoms with Crippen molar-refractivity contribution in [2.75, 3.05) is 13.1 Å². The van der Waals surface area contributed by atoms with E-state index >= 15 is 0 Å². The van der Waals surface area contributed by atoms with Gasteiger partial charge in [-0.1, -0.05) is 0 Å². The summed E-state index contributed by atoms with van der Waals surface area (Å²) in [5, 5.41) is 26.7. The molecule has 18 nitrogen and oxygen atoms in total. The number of imidazole rings is 1. The van der Waals surface area contributed by atoms with Crippen LogP contribution < -0.4 is 44.6 Å². The Balaban J connectivity index is 3.08. The molecule has 0 fully saturated rings. The third-order valence-corrected chi connectivity index (χ3v) is 5.57. The van der Waals surface area contributed by atoms with Crippen LogP contribution in [-0.2, 0) is 25.6 Å². The van der Waals surface area contributed by atoms with Gasteiger partial charge in [-0.15, -0.1) is 0 Å². The summed E-state index contributed by atoms with van der Waals surface area (Å²) >= 11 is 0. The van der Waals surface area contributed by atoms with Crippen molar-refractivity contribution in [2.24, 2.45) is 38.7 Å². The maximum atomic E-state index is 13.3. The van der Waals surface area contributed by atoms with Gasteiger partial charge in [0, 0.05) is 31.4 Å². The number of nitrogens with one attached hydrogen (secondary N) is 4. The molecule has 1 heterocycles. The third-order valence-electron chi connectivity index (χ3n) is 5.57. The molecule has 0 saturated heterocycles. The van der Waals surface area contributed by atoms with Crippen molar-refractivity contribution < 1.29 is 29.4 Å². The van der Waals surface area contributed by atoms with Gasteiger partial charge in [-0.05, 0) is 32.6 Å². The van der Waals surface area contributed by atoms with Crippen LogP contribution in [0.25, 0.3) is 0 Å². The maximum Gasteiger partial charge on any atom is 0.326 e. The molecule has 16 N–H and O–H groups in total. The second-order valence-corrected chi connectivity index (χ2v) is 8.97. The Morgan fingerprint density at radius 1 is 0.900 bits per heavy atom. The lowest BCUT2D eigenvalue weighted by molar-refractivity contribution is -0.142. The van der Waals surface area contributed by atoms with E-state index in [0.29, 0.717) is 5.69 Å².